The zero-order valence-electron chi connectivity index (χ0n) is 10.1. The van der Waals surface area contributed by atoms with E-state index >= 15 is 0 Å². The molecule has 0 fully saturated rings. The number of ether oxygens (including phenoxy) is 2. The van der Waals surface area contributed by atoms with Crippen LogP contribution in [-0.2, 0) is 15.9 Å². The average molecular weight is 223 g/mol. The maximum Gasteiger partial charge on any atom is 0.172 e. The molecular formula is C13H21NO2. The van der Waals surface area contributed by atoms with E-state index in [0.717, 1.165) is 6.42 Å². The molecule has 1 atom stereocenters. The molecule has 0 spiro atoms. The monoisotopic (exact) mass is 223 g/mol. The van der Waals surface area contributed by atoms with Crippen LogP contribution in [0.3, 0.4) is 0 Å². The molecule has 0 saturated carbocycles. The Balaban J connectivity index is 2.51. The summed E-state index contributed by atoms with van der Waals surface area (Å²) < 4.78 is 10.9. The standard InChI is InChI=1S/C13H21NO2/c1-3-15-13(16-4-2)12(14)10-11-8-6-5-7-9-11/h5-9,12-13H,3-4,10,14H2,1-2H3/t12-/m0/s1. The van der Waals surface area contributed by atoms with Gasteiger partial charge in [0.2, 0.25) is 0 Å². The molecule has 3 heteroatoms. The van der Waals surface area contributed by atoms with Gasteiger partial charge in [0.05, 0.1) is 6.04 Å². The molecule has 16 heavy (non-hydrogen) atoms. The van der Waals surface area contributed by atoms with Crippen LogP contribution in [0.2, 0.25) is 0 Å². The summed E-state index contributed by atoms with van der Waals surface area (Å²) in [5, 5.41) is 0. The van der Waals surface area contributed by atoms with Gasteiger partial charge in [-0.25, -0.2) is 0 Å². The first-order chi connectivity index (χ1) is 7.77. The van der Waals surface area contributed by atoms with Gasteiger partial charge in [-0.15, -0.1) is 0 Å². The van der Waals surface area contributed by atoms with Crippen molar-refractivity contribution in [3.63, 3.8) is 0 Å². The van der Waals surface area contributed by atoms with E-state index in [1.54, 1.807) is 0 Å². The highest BCUT2D eigenvalue weighted by atomic mass is 16.7. The second-order valence-corrected chi connectivity index (χ2v) is 3.63. The lowest BCUT2D eigenvalue weighted by atomic mass is 10.1. The highest BCUT2D eigenvalue weighted by Gasteiger charge is 2.18. The minimum atomic E-state index is -0.310. The van der Waals surface area contributed by atoms with E-state index in [1.165, 1.54) is 5.56 Å². The Morgan fingerprint density at radius 3 is 2.12 bits per heavy atom. The zero-order chi connectivity index (χ0) is 11.8. The molecule has 1 aromatic carbocycles. The van der Waals surface area contributed by atoms with E-state index < -0.39 is 0 Å². The SMILES string of the molecule is CCOC(OCC)[C@@H](N)Cc1ccccc1. The minimum Gasteiger partial charge on any atom is -0.351 e. The lowest BCUT2D eigenvalue weighted by molar-refractivity contribution is -0.148. The number of hydrogen-bond donors (Lipinski definition) is 1. The topological polar surface area (TPSA) is 44.5 Å². The van der Waals surface area contributed by atoms with Crippen molar-refractivity contribution in [3.05, 3.63) is 35.9 Å². The molecule has 3 nitrogen and oxygen atoms in total. The molecule has 0 aliphatic carbocycles. The number of benzene rings is 1. The Kier molecular flexibility index (Phi) is 6.08. The largest absolute Gasteiger partial charge is 0.351 e. The lowest BCUT2D eigenvalue weighted by Gasteiger charge is -2.23. The van der Waals surface area contributed by atoms with Gasteiger partial charge in [-0.2, -0.15) is 0 Å². The Hall–Kier alpha value is -0.900. The zero-order valence-corrected chi connectivity index (χ0v) is 10.1. The number of rotatable bonds is 7. The fourth-order valence-corrected chi connectivity index (χ4v) is 1.61. The highest BCUT2D eigenvalue weighted by molar-refractivity contribution is 5.15. The number of hydrogen-bond acceptors (Lipinski definition) is 3. The van der Waals surface area contributed by atoms with Gasteiger partial charge in [0.25, 0.3) is 0 Å². The average Bonchev–Trinajstić information content (AvgIpc) is 2.30. The second-order valence-electron chi connectivity index (χ2n) is 3.63. The van der Waals surface area contributed by atoms with Gasteiger partial charge in [-0.05, 0) is 25.8 Å². The smallest absolute Gasteiger partial charge is 0.172 e. The second kappa shape index (κ2) is 7.39. The van der Waals surface area contributed by atoms with Gasteiger partial charge >= 0.3 is 0 Å². The van der Waals surface area contributed by atoms with Crippen molar-refractivity contribution in [2.24, 2.45) is 5.73 Å². The summed E-state index contributed by atoms with van der Waals surface area (Å²) in [6.45, 7) is 5.13. The summed E-state index contributed by atoms with van der Waals surface area (Å²) in [6, 6.07) is 10.0. The van der Waals surface area contributed by atoms with Gasteiger partial charge in [0, 0.05) is 13.2 Å². The molecule has 0 amide bonds. The maximum absolute atomic E-state index is 6.07. The lowest BCUT2D eigenvalue weighted by Crippen LogP contribution is -2.40. The van der Waals surface area contributed by atoms with Crippen LogP contribution in [0.5, 0.6) is 0 Å². The van der Waals surface area contributed by atoms with Crippen molar-refractivity contribution < 1.29 is 9.47 Å². The van der Waals surface area contributed by atoms with Crippen LogP contribution in [0.15, 0.2) is 30.3 Å². The normalized spacial score (nSPS) is 13.0. The molecule has 0 saturated heterocycles. The van der Waals surface area contributed by atoms with Crippen molar-refractivity contribution in [2.75, 3.05) is 13.2 Å². The van der Waals surface area contributed by atoms with Crippen LogP contribution in [0.1, 0.15) is 19.4 Å². The van der Waals surface area contributed by atoms with Crippen molar-refractivity contribution in [1.82, 2.24) is 0 Å². The summed E-state index contributed by atoms with van der Waals surface area (Å²) in [4.78, 5) is 0. The molecule has 0 radical (unpaired) electrons. The van der Waals surface area contributed by atoms with Crippen LogP contribution < -0.4 is 5.73 Å². The summed E-state index contributed by atoms with van der Waals surface area (Å²) in [5.41, 5.74) is 7.28. The van der Waals surface area contributed by atoms with E-state index in [2.05, 4.69) is 12.1 Å². The predicted molar refractivity (Wildman–Crippen MR) is 65.2 cm³/mol. The summed E-state index contributed by atoms with van der Waals surface area (Å²) in [7, 11) is 0. The predicted octanol–water partition coefficient (Wildman–Crippen LogP) is 1.96. The van der Waals surface area contributed by atoms with Crippen molar-refractivity contribution in [2.45, 2.75) is 32.6 Å². The van der Waals surface area contributed by atoms with Gasteiger partial charge in [0.1, 0.15) is 0 Å². The third-order valence-corrected chi connectivity index (χ3v) is 2.33. The van der Waals surface area contributed by atoms with Crippen LogP contribution in [0.25, 0.3) is 0 Å². The van der Waals surface area contributed by atoms with Gasteiger partial charge in [-0.3, -0.25) is 0 Å². The molecule has 0 heterocycles. The molecule has 0 unspecified atom stereocenters. The molecule has 0 bridgehead atoms. The Morgan fingerprint density at radius 1 is 1.06 bits per heavy atom. The first kappa shape index (κ1) is 13.2. The molecule has 2 N–H and O–H groups in total. The van der Waals surface area contributed by atoms with Crippen molar-refractivity contribution in [1.29, 1.82) is 0 Å². The quantitative estimate of drug-likeness (QED) is 0.719. The Labute approximate surface area is 97.6 Å². The summed E-state index contributed by atoms with van der Waals surface area (Å²) >= 11 is 0. The van der Waals surface area contributed by atoms with E-state index in [4.69, 9.17) is 15.2 Å². The molecule has 0 aliphatic rings. The summed E-state index contributed by atoms with van der Waals surface area (Å²) in [5.74, 6) is 0. The Bertz CT molecular complexity index is 271. The maximum atomic E-state index is 6.07. The van der Waals surface area contributed by atoms with Crippen molar-refractivity contribution >= 4 is 0 Å². The summed E-state index contributed by atoms with van der Waals surface area (Å²) in [6.07, 6.45) is 0.459. The number of nitrogens with two attached hydrogens (primary N) is 1. The minimum absolute atomic E-state index is 0.123. The fraction of sp³-hybridized carbons (Fsp3) is 0.538. The third-order valence-electron chi connectivity index (χ3n) is 2.33. The molecule has 0 aromatic heterocycles. The first-order valence-electron chi connectivity index (χ1n) is 5.80. The van der Waals surface area contributed by atoms with Crippen LogP contribution in [0.4, 0.5) is 0 Å². The van der Waals surface area contributed by atoms with E-state index in [1.807, 2.05) is 32.0 Å². The fourth-order valence-electron chi connectivity index (χ4n) is 1.61. The van der Waals surface area contributed by atoms with E-state index in [9.17, 15) is 0 Å². The van der Waals surface area contributed by atoms with E-state index in [-0.39, 0.29) is 12.3 Å². The van der Waals surface area contributed by atoms with Crippen LogP contribution in [0, 0.1) is 0 Å². The van der Waals surface area contributed by atoms with Crippen LogP contribution in [-0.4, -0.2) is 25.5 Å². The Morgan fingerprint density at radius 2 is 1.62 bits per heavy atom. The third kappa shape index (κ3) is 4.31. The van der Waals surface area contributed by atoms with E-state index in [0.29, 0.717) is 13.2 Å². The van der Waals surface area contributed by atoms with Gasteiger partial charge < -0.3 is 15.2 Å². The molecule has 1 aromatic rings. The first-order valence-corrected chi connectivity index (χ1v) is 5.80. The van der Waals surface area contributed by atoms with Gasteiger partial charge in [0.15, 0.2) is 6.29 Å². The molecule has 1 rings (SSSR count). The van der Waals surface area contributed by atoms with Gasteiger partial charge in [-0.1, -0.05) is 30.3 Å². The highest BCUT2D eigenvalue weighted by Crippen LogP contribution is 2.08. The molecular weight excluding hydrogens is 202 g/mol. The molecule has 90 valence electrons. The van der Waals surface area contributed by atoms with Crippen LogP contribution >= 0.6 is 0 Å². The molecule has 0 aliphatic heterocycles. The van der Waals surface area contributed by atoms with Crippen molar-refractivity contribution in [3.8, 4) is 0 Å².